The second kappa shape index (κ2) is 5.85. The lowest BCUT2D eigenvalue weighted by Gasteiger charge is -2.31. The summed E-state index contributed by atoms with van der Waals surface area (Å²) in [6, 6.07) is 3.65. The highest BCUT2D eigenvalue weighted by molar-refractivity contribution is 5.98. The molecule has 98 valence electrons. The van der Waals surface area contributed by atoms with Gasteiger partial charge in [-0.3, -0.25) is 4.79 Å². The van der Waals surface area contributed by atoms with Gasteiger partial charge in [-0.15, -0.1) is 0 Å². The molecule has 1 aromatic rings. The summed E-state index contributed by atoms with van der Waals surface area (Å²) < 4.78 is 0. The summed E-state index contributed by atoms with van der Waals surface area (Å²) in [6.07, 6.45) is 5.16. The van der Waals surface area contributed by atoms with Crippen molar-refractivity contribution in [1.29, 1.82) is 0 Å². The van der Waals surface area contributed by atoms with E-state index in [1.165, 1.54) is 6.42 Å². The highest BCUT2D eigenvalue weighted by Crippen LogP contribution is 2.22. The Morgan fingerprint density at radius 3 is 2.83 bits per heavy atom. The molecular formula is C14H21N3O. The molecule has 1 fully saturated rings. The number of rotatable bonds is 3. The maximum absolute atomic E-state index is 12.4. The van der Waals surface area contributed by atoms with E-state index in [9.17, 15) is 4.79 Å². The number of likely N-dealkylation sites (tertiary alicyclic amines) is 1. The van der Waals surface area contributed by atoms with Crippen LogP contribution in [0.5, 0.6) is 0 Å². The third kappa shape index (κ3) is 2.63. The van der Waals surface area contributed by atoms with E-state index >= 15 is 0 Å². The molecular weight excluding hydrogens is 226 g/mol. The minimum atomic E-state index is 0.0991. The number of carbonyl (C=O) groups is 1. The fraction of sp³-hybridized carbons (Fsp3) is 0.571. The third-order valence-corrected chi connectivity index (χ3v) is 3.75. The van der Waals surface area contributed by atoms with Crippen LogP contribution in [0.4, 0.5) is 5.82 Å². The zero-order chi connectivity index (χ0) is 13.0. The van der Waals surface area contributed by atoms with Gasteiger partial charge in [-0.25, -0.2) is 4.98 Å². The molecule has 1 N–H and O–H groups in total. The van der Waals surface area contributed by atoms with Gasteiger partial charge >= 0.3 is 0 Å². The zero-order valence-electron chi connectivity index (χ0n) is 11.1. The van der Waals surface area contributed by atoms with Gasteiger partial charge < -0.3 is 10.2 Å². The second-order valence-corrected chi connectivity index (χ2v) is 4.79. The Bertz CT molecular complexity index is 411. The summed E-state index contributed by atoms with van der Waals surface area (Å²) in [7, 11) is 1.79. The number of nitrogens with one attached hydrogen (secondary N) is 1. The topological polar surface area (TPSA) is 45.2 Å². The Kier molecular flexibility index (Phi) is 4.18. The monoisotopic (exact) mass is 247 g/mol. The lowest BCUT2D eigenvalue weighted by molar-refractivity contribution is 0.0689. The van der Waals surface area contributed by atoms with Gasteiger partial charge in [-0.2, -0.15) is 0 Å². The Morgan fingerprint density at radius 1 is 1.50 bits per heavy atom. The fourth-order valence-electron chi connectivity index (χ4n) is 2.49. The SMILES string of the molecule is CCC1CCN(C(=O)c2cccnc2NC)CC1. The fourth-order valence-corrected chi connectivity index (χ4v) is 2.49. The molecule has 4 nitrogen and oxygen atoms in total. The Morgan fingerprint density at radius 2 is 2.22 bits per heavy atom. The number of amides is 1. The minimum absolute atomic E-state index is 0.0991. The third-order valence-electron chi connectivity index (χ3n) is 3.75. The van der Waals surface area contributed by atoms with Crippen molar-refractivity contribution in [3.05, 3.63) is 23.9 Å². The van der Waals surface area contributed by atoms with Crippen LogP contribution in [0.2, 0.25) is 0 Å². The van der Waals surface area contributed by atoms with Crippen molar-refractivity contribution in [2.75, 3.05) is 25.5 Å². The van der Waals surface area contributed by atoms with Crippen LogP contribution in [0.25, 0.3) is 0 Å². The lowest BCUT2D eigenvalue weighted by atomic mass is 9.94. The van der Waals surface area contributed by atoms with Gasteiger partial charge in [0.15, 0.2) is 0 Å². The van der Waals surface area contributed by atoms with Crippen molar-refractivity contribution in [1.82, 2.24) is 9.88 Å². The standard InChI is InChI=1S/C14H21N3O/c1-3-11-6-9-17(10-7-11)14(18)12-5-4-8-16-13(12)15-2/h4-5,8,11H,3,6-7,9-10H2,1-2H3,(H,15,16). The molecule has 1 aliphatic rings. The molecule has 0 atom stereocenters. The van der Waals surface area contributed by atoms with E-state index in [1.54, 1.807) is 13.2 Å². The van der Waals surface area contributed by atoms with Gasteiger partial charge in [0.25, 0.3) is 5.91 Å². The largest absolute Gasteiger partial charge is 0.372 e. The van der Waals surface area contributed by atoms with E-state index in [2.05, 4.69) is 17.2 Å². The van der Waals surface area contributed by atoms with E-state index in [-0.39, 0.29) is 5.91 Å². The average molecular weight is 247 g/mol. The summed E-state index contributed by atoms with van der Waals surface area (Å²) in [5.74, 6) is 1.55. The highest BCUT2D eigenvalue weighted by atomic mass is 16.2. The molecule has 0 aliphatic carbocycles. The molecule has 4 heteroatoms. The molecule has 2 heterocycles. The predicted octanol–water partition coefficient (Wildman–Crippen LogP) is 2.39. The number of anilines is 1. The van der Waals surface area contributed by atoms with Gasteiger partial charge in [0.1, 0.15) is 5.82 Å². The summed E-state index contributed by atoms with van der Waals surface area (Å²) in [4.78, 5) is 18.6. The molecule has 0 saturated carbocycles. The number of pyridine rings is 1. The van der Waals surface area contributed by atoms with E-state index < -0.39 is 0 Å². The van der Waals surface area contributed by atoms with Crippen molar-refractivity contribution in [3.63, 3.8) is 0 Å². The molecule has 0 bridgehead atoms. The van der Waals surface area contributed by atoms with Gasteiger partial charge in [0.05, 0.1) is 5.56 Å². The molecule has 0 radical (unpaired) electrons. The van der Waals surface area contributed by atoms with Crippen LogP contribution in [-0.4, -0.2) is 35.9 Å². The van der Waals surface area contributed by atoms with Crippen LogP contribution in [0.1, 0.15) is 36.5 Å². The Balaban J connectivity index is 2.08. The van der Waals surface area contributed by atoms with Gasteiger partial charge in [0.2, 0.25) is 0 Å². The van der Waals surface area contributed by atoms with Crippen molar-refractivity contribution >= 4 is 11.7 Å². The minimum Gasteiger partial charge on any atom is -0.372 e. The first-order valence-electron chi connectivity index (χ1n) is 6.68. The molecule has 1 amide bonds. The second-order valence-electron chi connectivity index (χ2n) is 4.79. The average Bonchev–Trinajstić information content (AvgIpc) is 2.46. The van der Waals surface area contributed by atoms with Gasteiger partial charge in [-0.05, 0) is 30.9 Å². The van der Waals surface area contributed by atoms with Gasteiger partial charge in [-0.1, -0.05) is 13.3 Å². The summed E-state index contributed by atoms with van der Waals surface area (Å²) >= 11 is 0. The van der Waals surface area contributed by atoms with Crippen LogP contribution >= 0.6 is 0 Å². The van der Waals surface area contributed by atoms with Crippen LogP contribution in [-0.2, 0) is 0 Å². The Hall–Kier alpha value is -1.58. The zero-order valence-corrected chi connectivity index (χ0v) is 11.1. The predicted molar refractivity (Wildman–Crippen MR) is 72.7 cm³/mol. The molecule has 1 aromatic heterocycles. The molecule has 1 aliphatic heterocycles. The molecule has 1 saturated heterocycles. The summed E-state index contributed by atoms with van der Waals surface area (Å²) in [5.41, 5.74) is 0.676. The number of piperidine rings is 1. The van der Waals surface area contributed by atoms with Crippen molar-refractivity contribution in [2.24, 2.45) is 5.92 Å². The molecule has 0 aromatic carbocycles. The van der Waals surface area contributed by atoms with E-state index in [0.29, 0.717) is 11.4 Å². The smallest absolute Gasteiger partial charge is 0.257 e. The maximum Gasteiger partial charge on any atom is 0.257 e. The van der Waals surface area contributed by atoms with E-state index in [4.69, 9.17) is 0 Å². The first-order chi connectivity index (χ1) is 8.76. The normalized spacial score (nSPS) is 16.7. The van der Waals surface area contributed by atoms with Crippen LogP contribution < -0.4 is 5.32 Å². The van der Waals surface area contributed by atoms with Crippen LogP contribution in [0, 0.1) is 5.92 Å². The first kappa shape index (κ1) is 12.9. The molecule has 18 heavy (non-hydrogen) atoms. The molecule has 0 unspecified atom stereocenters. The van der Waals surface area contributed by atoms with E-state index in [0.717, 1.165) is 31.8 Å². The van der Waals surface area contributed by atoms with Crippen LogP contribution in [0.3, 0.4) is 0 Å². The molecule has 0 spiro atoms. The number of hydrogen-bond acceptors (Lipinski definition) is 3. The number of hydrogen-bond donors (Lipinski definition) is 1. The van der Waals surface area contributed by atoms with Gasteiger partial charge in [0, 0.05) is 26.3 Å². The van der Waals surface area contributed by atoms with E-state index in [1.807, 2.05) is 17.0 Å². The lowest BCUT2D eigenvalue weighted by Crippen LogP contribution is -2.38. The maximum atomic E-state index is 12.4. The number of nitrogens with zero attached hydrogens (tertiary/aromatic N) is 2. The van der Waals surface area contributed by atoms with Crippen LogP contribution in [0.15, 0.2) is 18.3 Å². The first-order valence-corrected chi connectivity index (χ1v) is 6.68. The molecule has 2 rings (SSSR count). The summed E-state index contributed by atoms with van der Waals surface area (Å²) in [5, 5.41) is 2.98. The van der Waals surface area contributed by atoms with Crippen molar-refractivity contribution in [3.8, 4) is 0 Å². The summed E-state index contributed by atoms with van der Waals surface area (Å²) in [6.45, 7) is 3.97. The highest BCUT2D eigenvalue weighted by Gasteiger charge is 2.24. The van der Waals surface area contributed by atoms with Crippen molar-refractivity contribution in [2.45, 2.75) is 26.2 Å². The quantitative estimate of drug-likeness (QED) is 0.892. The Labute approximate surface area is 108 Å². The van der Waals surface area contributed by atoms with Crippen molar-refractivity contribution < 1.29 is 4.79 Å². The number of aromatic nitrogens is 1. The number of carbonyl (C=O) groups excluding carboxylic acids is 1.